The predicted molar refractivity (Wildman–Crippen MR) is 84.8 cm³/mol. The van der Waals surface area contributed by atoms with E-state index in [0.29, 0.717) is 24.0 Å². The van der Waals surface area contributed by atoms with Crippen molar-refractivity contribution in [2.75, 3.05) is 20.3 Å². The van der Waals surface area contributed by atoms with Crippen LogP contribution in [0.4, 0.5) is 0 Å². The average molecular weight is 307 g/mol. The van der Waals surface area contributed by atoms with Gasteiger partial charge in [0.25, 0.3) is 5.91 Å². The van der Waals surface area contributed by atoms with Crippen molar-refractivity contribution >= 4 is 28.3 Å². The predicted octanol–water partition coefficient (Wildman–Crippen LogP) is 3.39. The third-order valence-corrected chi connectivity index (χ3v) is 3.62. The maximum atomic E-state index is 12.6. The van der Waals surface area contributed by atoms with Crippen molar-refractivity contribution in [2.24, 2.45) is 0 Å². The van der Waals surface area contributed by atoms with Crippen molar-refractivity contribution in [1.82, 2.24) is 9.88 Å². The van der Waals surface area contributed by atoms with E-state index in [1.807, 2.05) is 38.1 Å². The average Bonchev–Trinajstić information content (AvgIpc) is 2.47. The van der Waals surface area contributed by atoms with E-state index in [4.69, 9.17) is 16.3 Å². The van der Waals surface area contributed by atoms with Crippen LogP contribution in [0.1, 0.15) is 24.3 Å². The first kappa shape index (κ1) is 15.7. The highest BCUT2D eigenvalue weighted by molar-refractivity contribution is 6.34. The van der Waals surface area contributed by atoms with Gasteiger partial charge in [-0.1, -0.05) is 35.9 Å². The summed E-state index contributed by atoms with van der Waals surface area (Å²) in [4.78, 5) is 18.6. The standard InChI is InChI=1S/C16H19ClN2O2/c1-11(2)19(8-9-21-3)16(20)14-10-12-6-4-5-7-13(12)15(17)18-14/h4-7,10-11H,8-9H2,1-3H3. The maximum Gasteiger partial charge on any atom is 0.272 e. The maximum absolute atomic E-state index is 12.6. The minimum Gasteiger partial charge on any atom is -0.383 e. The second kappa shape index (κ2) is 6.87. The molecule has 5 heteroatoms. The molecule has 0 fully saturated rings. The third-order valence-electron chi connectivity index (χ3n) is 3.33. The van der Waals surface area contributed by atoms with E-state index in [1.54, 1.807) is 18.1 Å². The SMILES string of the molecule is COCCN(C(=O)c1cc2ccccc2c(Cl)n1)C(C)C. The summed E-state index contributed by atoms with van der Waals surface area (Å²) in [5, 5.41) is 2.12. The number of benzene rings is 1. The summed E-state index contributed by atoms with van der Waals surface area (Å²) in [5.74, 6) is -0.130. The second-order valence-electron chi connectivity index (χ2n) is 5.10. The number of aromatic nitrogens is 1. The molecule has 1 amide bonds. The molecule has 4 nitrogen and oxygen atoms in total. The molecule has 0 saturated carbocycles. The lowest BCUT2D eigenvalue weighted by Gasteiger charge is -2.26. The quantitative estimate of drug-likeness (QED) is 0.795. The number of nitrogens with zero attached hydrogens (tertiary/aromatic N) is 2. The van der Waals surface area contributed by atoms with E-state index in [1.165, 1.54) is 0 Å². The van der Waals surface area contributed by atoms with Gasteiger partial charge in [-0.05, 0) is 25.3 Å². The fourth-order valence-electron chi connectivity index (χ4n) is 2.20. The molecule has 0 atom stereocenters. The Hall–Kier alpha value is -1.65. The van der Waals surface area contributed by atoms with Crippen LogP contribution in [0.2, 0.25) is 5.15 Å². The molecule has 112 valence electrons. The lowest BCUT2D eigenvalue weighted by Crippen LogP contribution is -2.39. The highest BCUT2D eigenvalue weighted by atomic mass is 35.5. The fourth-order valence-corrected chi connectivity index (χ4v) is 2.46. The third kappa shape index (κ3) is 3.52. The molecule has 1 aromatic heterocycles. The van der Waals surface area contributed by atoms with Crippen molar-refractivity contribution in [3.63, 3.8) is 0 Å². The number of ether oxygens (including phenoxy) is 1. The topological polar surface area (TPSA) is 42.4 Å². The molecule has 0 aliphatic carbocycles. The summed E-state index contributed by atoms with van der Waals surface area (Å²) < 4.78 is 5.06. The first-order chi connectivity index (χ1) is 10.0. The van der Waals surface area contributed by atoms with Crippen LogP contribution in [-0.4, -0.2) is 42.1 Å². The Labute approximate surface area is 129 Å². The molecule has 0 saturated heterocycles. The molecule has 1 aromatic carbocycles. The zero-order valence-electron chi connectivity index (χ0n) is 12.5. The summed E-state index contributed by atoms with van der Waals surface area (Å²) >= 11 is 6.19. The lowest BCUT2D eigenvalue weighted by atomic mass is 10.1. The van der Waals surface area contributed by atoms with Crippen LogP contribution in [0.25, 0.3) is 10.8 Å². The van der Waals surface area contributed by atoms with E-state index in [0.717, 1.165) is 10.8 Å². The van der Waals surface area contributed by atoms with Gasteiger partial charge in [-0.3, -0.25) is 4.79 Å². The summed E-state index contributed by atoms with van der Waals surface area (Å²) in [6, 6.07) is 9.48. The summed E-state index contributed by atoms with van der Waals surface area (Å²) in [5.41, 5.74) is 0.364. The number of carbonyl (C=O) groups is 1. The Morgan fingerprint density at radius 3 is 2.76 bits per heavy atom. The number of hydrogen-bond acceptors (Lipinski definition) is 3. The number of amides is 1. The molecular weight excluding hydrogens is 288 g/mol. The van der Waals surface area contributed by atoms with Crippen LogP contribution in [0.15, 0.2) is 30.3 Å². The lowest BCUT2D eigenvalue weighted by molar-refractivity contribution is 0.0629. The van der Waals surface area contributed by atoms with Crippen LogP contribution in [-0.2, 0) is 4.74 Å². The number of pyridine rings is 1. The van der Waals surface area contributed by atoms with Gasteiger partial charge >= 0.3 is 0 Å². The molecule has 2 aromatic rings. The van der Waals surface area contributed by atoms with Gasteiger partial charge < -0.3 is 9.64 Å². The largest absolute Gasteiger partial charge is 0.383 e. The molecule has 0 aliphatic heterocycles. The van der Waals surface area contributed by atoms with Crippen molar-refractivity contribution in [3.05, 3.63) is 41.2 Å². The van der Waals surface area contributed by atoms with Gasteiger partial charge in [-0.15, -0.1) is 0 Å². The molecule has 0 radical (unpaired) electrons. The van der Waals surface area contributed by atoms with Gasteiger partial charge in [-0.2, -0.15) is 0 Å². The van der Waals surface area contributed by atoms with Gasteiger partial charge in [0, 0.05) is 25.1 Å². The molecule has 0 unspecified atom stereocenters. The van der Waals surface area contributed by atoms with E-state index in [2.05, 4.69) is 4.98 Å². The number of halogens is 1. The fraction of sp³-hybridized carbons (Fsp3) is 0.375. The summed E-state index contributed by atoms with van der Waals surface area (Å²) in [6.45, 7) is 4.96. The minimum atomic E-state index is -0.130. The molecule has 0 aliphatic rings. The van der Waals surface area contributed by atoms with E-state index >= 15 is 0 Å². The normalized spacial score (nSPS) is 11.1. The second-order valence-corrected chi connectivity index (χ2v) is 5.46. The Morgan fingerprint density at radius 1 is 1.38 bits per heavy atom. The molecule has 21 heavy (non-hydrogen) atoms. The number of methoxy groups -OCH3 is 1. The van der Waals surface area contributed by atoms with Crippen molar-refractivity contribution in [2.45, 2.75) is 19.9 Å². The van der Waals surface area contributed by atoms with Crippen LogP contribution < -0.4 is 0 Å². The van der Waals surface area contributed by atoms with Gasteiger partial charge in [-0.25, -0.2) is 4.98 Å². The molecule has 0 bridgehead atoms. The summed E-state index contributed by atoms with van der Waals surface area (Å²) in [7, 11) is 1.62. The molecule has 0 spiro atoms. The van der Waals surface area contributed by atoms with Crippen molar-refractivity contribution in [1.29, 1.82) is 0 Å². The van der Waals surface area contributed by atoms with Crippen molar-refractivity contribution in [3.8, 4) is 0 Å². The molecule has 2 rings (SSSR count). The van der Waals surface area contributed by atoms with Gasteiger partial charge in [0.15, 0.2) is 0 Å². The van der Waals surface area contributed by atoms with Gasteiger partial charge in [0.1, 0.15) is 10.8 Å². The molecule has 1 heterocycles. The highest BCUT2D eigenvalue weighted by Gasteiger charge is 2.20. The Bertz CT molecular complexity index is 643. The van der Waals surface area contributed by atoms with Crippen molar-refractivity contribution < 1.29 is 9.53 Å². The van der Waals surface area contributed by atoms with Crippen LogP contribution in [0.5, 0.6) is 0 Å². The van der Waals surface area contributed by atoms with Crippen LogP contribution >= 0.6 is 11.6 Å². The monoisotopic (exact) mass is 306 g/mol. The van der Waals surface area contributed by atoms with E-state index in [9.17, 15) is 4.79 Å². The first-order valence-electron chi connectivity index (χ1n) is 6.89. The Kier molecular flexibility index (Phi) is 5.15. The minimum absolute atomic E-state index is 0.0692. The number of fused-ring (bicyclic) bond motifs is 1. The Balaban J connectivity index is 2.37. The smallest absolute Gasteiger partial charge is 0.272 e. The van der Waals surface area contributed by atoms with E-state index in [-0.39, 0.29) is 11.9 Å². The number of carbonyl (C=O) groups excluding carboxylic acids is 1. The van der Waals surface area contributed by atoms with Crippen LogP contribution in [0.3, 0.4) is 0 Å². The summed E-state index contributed by atoms with van der Waals surface area (Å²) in [6.07, 6.45) is 0. The number of hydrogen-bond donors (Lipinski definition) is 0. The van der Waals surface area contributed by atoms with Gasteiger partial charge in [0.2, 0.25) is 0 Å². The highest BCUT2D eigenvalue weighted by Crippen LogP contribution is 2.23. The molecule has 0 N–H and O–H groups in total. The van der Waals surface area contributed by atoms with Gasteiger partial charge in [0.05, 0.1) is 6.61 Å². The molecular formula is C16H19ClN2O2. The zero-order valence-corrected chi connectivity index (χ0v) is 13.2. The van der Waals surface area contributed by atoms with Crippen LogP contribution in [0, 0.1) is 0 Å². The number of rotatable bonds is 5. The Morgan fingerprint density at radius 2 is 2.10 bits per heavy atom. The van der Waals surface area contributed by atoms with E-state index < -0.39 is 0 Å². The first-order valence-corrected chi connectivity index (χ1v) is 7.27. The zero-order chi connectivity index (χ0) is 15.4.